The van der Waals surface area contributed by atoms with Crippen LogP contribution in [0.3, 0.4) is 0 Å². The minimum Gasteiger partial charge on any atom is -0.446 e. The second kappa shape index (κ2) is 26.4. The molecule has 0 spiro atoms. The number of carbonyl (C=O) groups excluding carboxylic acids is 3. The van der Waals surface area contributed by atoms with Crippen LogP contribution in [0.4, 0.5) is 4.79 Å². The summed E-state index contributed by atoms with van der Waals surface area (Å²) in [6.07, 6.45) is -2.80. The Bertz CT molecular complexity index is 2810. The number of esters is 1. The number of aldehydes is 1. The van der Waals surface area contributed by atoms with Gasteiger partial charge in [-0.1, -0.05) is 107 Å². The fourth-order valence-electron chi connectivity index (χ4n) is 24.5. The summed E-state index contributed by atoms with van der Waals surface area (Å²) in [5, 5.41) is 106. The van der Waals surface area contributed by atoms with Gasteiger partial charge in [-0.25, -0.2) is 4.79 Å². The summed E-state index contributed by atoms with van der Waals surface area (Å²) in [7, 11) is 0. The van der Waals surface area contributed by atoms with E-state index in [4.69, 9.17) is 33.2 Å². The van der Waals surface area contributed by atoms with Gasteiger partial charge in [-0.2, -0.15) is 0 Å². The van der Waals surface area contributed by atoms with E-state index in [1.165, 1.54) is 58.3 Å². The molecule has 3 aliphatic heterocycles. The lowest BCUT2D eigenvalue weighted by Crippen LogP contribution is -2.69. The third-order valence-electron chi connectivity index (χ3n) is 30.3. The van der Waals surface area contributed by atoms with Gasteiger partial charge in [0.25, 0.3) is 0 Å². The first kappa shape index (κ1) is 72.4. The highest BCUT2D eigenvalue weighted by molar-refractivity contribution is 5.80. The average molecular weight is 1340 g/mol. The van der Waals surface area contributed by atoms with Crippen molar-refractivity contribution >= 4 is 18.3 Å². The largest absolute Gasteiger partial charge is 0.446 e. The number of hydrogen-bond acceptors (Lipinski definition) is 19. The zero-order chi connectivity index (χ0) is 68.7. The van der Waals surface area contributed by atoms with Gasteiger partial charge in [0.05, 0.1) is 43.0 Å². The van der Waals surface area contributed by atoms with E-state index in [-0.39, 0.29) is 46.3 Å². The van der Waals surface area contributed by atoms with Crippen molar-refractivity contribution < 1.29 is 93.5 Å². The molecule has 10 N–H and O–H groups in total. The highest BCUT2D eigenvalue weighted by Crippen LogP contribution is 2.76. The van der Waals surface area contributed by atoms with E-state index >= 15 is 4.79 Å². The molecule has 0 radical (unpaired) electrons. The Kier molecular flexibility index (Phi) is 20.1. The fourth-order valence-corrected chi connectivity index (χ4v) is 24.5. The van der Waals surface area contributed by atoms with E-state index in [1.807, 2.05) is 6.92 Å². The summed E-state index contributed by atoms with van der Waals surface area (Å²) in [5.41, 5.74) is -2.41. The number of allylic oxidation sites excluding steroid dienone is 2. The van der Waals surface area contributed by atoms with Crippen LogP contribution in [0.15, 0.2) is 11.6 Å². The lowest BCUT2D eigenvalue weighted by atomic mass is 9.33. The van der Waals surface area contributed by atoms with Gasteiger partial charge >= 0.3 is 12.1 Å². The Morgan fingerprint density at radius 1 is 0.674 bits per heavy atom. The number of ether oxygens (including phenoxy) is 7. The molecule has 12 aliphatic rings. The zero-order valence-electron chi connectivity index (χ0n) is 59.1. The van der Waals surface area contributed by atoms with Gasteiger partial charge < -0.3 is 89.2 Å². The van der Waals surface area contributed by atoms with Crippen molar-refractivity contribution in [3.63, 3.8) is 0 Å². The molecule has 0 aromatic rings. The molecule has 20 nitrogen and oxygen atoms in total. The van der Waals surface area contributed by atoms with Crippen molar-refractivity contribution in [1.82, 2.24) is 5.32 Å². The molecule has 95 heavy (non-hydrogen) atoms. The molecule has 0 aromatic carbocycles. The molecule has 8 saturated carbocycles. The van der Waals surface area contributed by atoms with Crippen LogP contribution in [0, 0.1) is 102 Å². The first-order chi connectivity index (χ1) is 44.7. The van der Waals surface area contributed by atoms with Crippen LogP contribution >= 0.6 is 0 Å². The van der Waals surface area contributed by atoms with Crippen molar-refractivity contribution in [1.29, 1.82) is 0 Å². The fraction of sp³-hybridized carbons (Fsp3) is 0.933. The molecule has 12 rings (SSSR count). The molecular weight excluding hydrogens is 1220 g/mol. The third kappa shape index (κ3) is 11.9. The molecule has 0 bridgehead atoms. The Labute approximate surface area is 564 Å². The van der Waals surface area contributed by atoms with E-state index in [1.54, 1.807) is 0 Å². The van der Waals surface area contributed by atoms with Crippen LogP contribution in [0.1, 0.15) is 218 Å². The normalized spacial score (nSPS) is 52.7. The predicted octanol–water partition coefficient (Wildman–Crippen LogP) is 8.18. The molecule has 18 unspecified atom stereocenters. The maximum atomic E-state index is 16.0. The number of aliphatic hydroxyl groups is 9. The Balaban J connectivity index is 0.782. The van der Waals surface area contributed by atoms with Crippen molar-refractivity contribution in [3.8, 4) is 0 Å². The van der Waals surface area contributed by atoms with E-state index < -0.39 is 152 Å². The number of amides is 1. The minimum atomic E-state index is -1.95. The maximum Gasteiger partial charge on any atom is 0.407 e. The first-order valence-electron chi connectivity index (χ1n) is 37.3. The van der Waals surface area contributed by atoms with Crippen molar-refractivity contribution in [2.75, 3.05) is 13.2 Å². The summed E-state index contributed by atoms with van der Waals surface area (Å²) in [5.74, 6) is 3.36. The van der Waals surface area contributed by atoms with Crippen LogP contribution in [-0.2, 0) is 42.7 Å². The number of carbonyl (C=O) groups is 3. The Hall–Kier alpha value is -2.41. The quantitative estimate of drug-likeness (QED) is 0.0420. The smallest absolute Gasteiger partial charge is 0.407 e. The molecule has 3 heterocycles. The number of aliphatic hydroxyl groups excluding tert-OH is 9. The summed E-state index contributed by atoms with van der Waals surface area (Å²) in [6.45, 7) is 25.7. The summed E-state index contributed by atoms with van der Waals surface area (Å²) < 4.78 is 43.5. The lowest BCUT2D eigenvalue weighted by Gasteiger charge is -2.71. The van der Waals surface area contributed by atoms with Crippen LogP contribution in [0.2, 0.25) is 0 Å². The Morgan fingerprint density at radius 2 is 1.37 bits per heavy atom. The monoisotopic (exact) mass is 1340 g/mol. The van der Waals surface area contributed by atoms with Gasteiger partial charge in [-0.15, -0.1) is 0 Å². The SMILES string of the molecule is CC(C)CCC[C@@H](C)C1CC[C@H]2[C@H]3CC[C@H]4C[C@@H](OC(=O)N[C@H]5C(CO)O[C@@H](OC(=O)[C@]67CCC(C)(C)CC6C6=CCC8C9(C)CC[C@H](O)C(C)(C=O)[C@@H]9CCC8(C)C6(C)C[C@H]7O)C(O[C@@H]6OC(C)[C@H](O[C@@H]7OC[C@@H](O)C(O)C7O)C(O)C6O)C5O)CCC4(C)C3CCC12C. The minimum absolute atomic E-state index is 0.0452. The van der Waals surface area contributed by atoms with Crippen LogP contribution in [0.5, 0.6) is 0 Å². The van der Waals surface area contributed by atoms with Gasteiger partial charge in [-0.3, -0.25) is 4.79 Å². The third-order valence-corrected chi connectivity index (χ3v) is 30.3. The second-order valence-electron chi connectivity index (χ2n) is 35.9. The zero-order valence-corrected chi connectivity index (χ0v) is 59.1. The van der Waals surface area contributed by atoms with Gasteiger partial charge in [0.2, 0.25) is 6.29 Å². The van der Waals surface area contributed by atoms with E-state index in [0.29, 0.717) is 61.7 Å². The lowest BCUT2D eigenvalue weighted by molar-refractivity contribution is -0.370. The van der Waals surface area contributed by atoms with Crippen LogP contribution < -0.4 is 5.32 Å². The number of hydrogen-bond donors (Lipinski definition) is 10. The standard InChI is InChI=1S/C75H121NO19/c1-38(2)14-13-15-39(3)44-18-19-45-43-17-16-41-32-42(22-26-69(41,7)46(43)23-27-70(44,45)8)91-67(88)76-55-50(35-77)92-65(62(57(55)83)94-64-60(86)58(84)61(40(4)90-64)93-63-59(85)56(82)49(79)36-89-63)95-66(87)75-31-30-68(5,6)33-48(75)47-20-21-52-71(9)28-25-53(80)72(10,37-78)51(71)24-29-73(52,11)74(47,12)34-54(75)81/h20,37-46,48-65,77,79-86H,13-19,21-36H2,1-12H3,(H,76,88)/t39-,40?,41+,42+,43-,44?,45+,46?,48?,49-,50?,51-,52?,53+,54-,55+,56?,57?,58?,59?,60?,61+,62?,63+,64+,65+,69?,70?,71?,72?,73?,74?,75-/m1/s1. The van der Waals surface area contributed by atoms with E-state index in [0.717, 1.165) is 67.6 Å². The van der Waals surface area contributed by atoms with Crippen molar-refractivity contribution in [3.05, 3.63) is 11.6 Å². The van der Waals surface area contributed by atoms with Gasteiger partial charge in [0.15, 0.2) is 18.7 Å². The molecular formula is C75H121NO19. The van der Waals surface area contributed by atoms with Crippen molar-refractivity contribution in [2.24, 2.45) is 102 Å². The van der Waals surface area contributed by atoms with E-state index in [9.17, 15) is 55.5 Å². The Morgan fingerprint density at radius 3 is 2.08 bits per heavy atom. The van der Waals surface area contributed by atoms with Gasteiger partial charge in [0, 0.05) is 0 Å². The summed E-state index contributed by atoms with van der Waals surface area (Å²) >= 11 is 0. The second-order valence-corrected chi connectivity index (χ2v) is 35.9. The summed E-state index contributed by atoms with van der Waals surface area (Å²) in [6, 6.07) is -1.45. The van der Waals surface area contributed by atoms with Crippen molar-refractivity contribution in [2.45, 2.75) is 322 Å². The highest BCUT2D eigenvalue weighted by Gasteiger charge is 2.73. The first-order valence-corrected chi connectivity index (χ1v) is 37.3. The number of alkyl carbamates (subject to hydrolysis) is 1. The molecule has 0 aromatic heterocycles. The molecule has 11 fully saturated rings. The topological polar surface area (TPSA) is 310 Å². The molecule has 1 amide bonds. The van der Waals surface area contributed by atoms with E-state index in [2.05, 4.69) is 80.6 Å². The molecule has 33 atom stereocenters. The molecule has 20 heteroatoms. The molecule has 3 saturated heterocycles. The van der Waals surface area contributed by atoms with Crippen LogP contribution in [-0.4, -0.2) is 182 Å². The number of rotatable bonds is 15. The summed E-state index contributed by atoms with van der Waals surface area (Å²) in [4.78, 5) is 43.4. The highest BCUT2D eigenvalue weighted by atomic mass is 16.8. The average Bonchev–Trinajstić information content (AvgIpc) is 1.14. The molecule has 9 aliphatic carbocycles. The number of nitrogens with one attached hydrogen (secondary N) is 1. The van der Waals surface area contributed by atoms with Gasteiger partial charge in [0.1, 0.15) is 66.6 Å². The molecule has 540 valence electrons. The maximum absolute atomic E-state index is 16.0. The van der Waals surface area contributed by atoms with Crippen LogP contribution in [0.25, 0.3) is 0 Å². The van der Waals surface area contributed by atoms with Gasteiger partial charge in [-0.05, 0) is 214 Å². The number of fused-ring (bicyclic) bond motifs is 12. The predicted molar refractivity (Wildman–Crippen MR) is 349 cm³/mol.